The minimum atomic E-state index is -4.76. The zero-order valence-corrected chi connectivity index (χ0v) is 19.4. The molecule has 4 rings (SSSR count). The van der Waals surface area contributed by atoms with Crippen molar-refractivity contribution in [3.63, 3.8) is 0 Å². The van der Waals surface area contributed by atoms with Crippen LogP contribution in [0.15, 0.2) is 53.5 Å². The van der Waals surface area contributed by atoms with Crippen molar-refractivity contribution in [3.05, 3.63) is 69.6 Å². The Morgan fingerprint density at radius 2 is 1.94 bits per heavy atom. The lowest BCUT2D eigenvalue weighted by atomic mass is 9.64. The van der Waals surface area contributed by atoms with Crippen LogP contribution in [-0.2, 0) is 5.41 Å². The van der Waals surface area contributed by atoms with Crippen molar-refractivity contribution in [3.8, 4) is 11.5 Å². The fourth-order valence-electron chi connectivity index (χ4n) is 4.95. The normalized spacial score (nSPS) is 21.9. The number of H-pyrrole nitrogens is 1. The molecule has 34 heavy (non-hydrogen) atoms. The number of nitrogens with two attached hydrogens (primary N) is 1. The Morgan fingerprint density at radius 1 is 1.21 bits per heavy atom. The molecule has 1 saturated carbocycles. The summed E-state index contributed by atoms with van der Waals surface area (Å²) in [5, 5.41) is 1.56. The molecule has 1 aliphatic carbocycles. The topological polar surface area (TPSA) is 77.3 Å². The maximum atomic E-state index is 12.8. The van der Waals surface area contributed by atoms with Crippen LogP contribution in [0.4, 0.5) is 13.2 Å². The van der Waals surface area contributed by atoms with Crippen molar-refractivity contribution in [1.29, 1.82) is 0 Å². The average molecular weight is 495 g/mol. The summed E-state index contributed by atoms with van der Waals surface area (Å²) in [4.78, 5) is 14.6. The van der Waals surface area contributed by atoms with Gasteiger partial charge in [0, 0.05) is 23.0 Å². The smallest absolute Gasteiger partial charge is 0.489 e. The maximum Gasteiger partial charge on any atom is 0.573 e. The van der Waals surface area contributed by atoms with Gasteiger partial charge >= 0.3 is 6.36 Å². The molecule has 3 N–H and O–H groups in total. The number of benzene rings is 2. The second-order valence-corrected chi connectivity index (χ2v) is 9.15. The molecule has 0 amide bonds. The molecule has 1 fully saturated rings. The van der Waals surface area contributed by atoms with Gasteiger partial charge in [0.05, 0.1) is 11.1 Å². The number of alkyl halides is 3. The van der Waals surface area contributed by atoms with E-state index in [4.69, 9.17) is 22.1 Å². The van der Waals surface area contributed by atoms with Gasteiger partial charge in [-0.2, -0.15) is 0 Å². The van der Waals surface area contributed by atoms with Crippen molar-refractivity contribution in [1.82, 2.24) is 4.98 Å². The van der Waals surface area contributed by atoms with E-state index in [1.807, 2.05) is 13.0 Å². The Bertz CT molecular complexity index is 1220. The maximum absolute atomic E-state index is 12.8. The third-order valence-electron chi connectivity index (χ3n) is 6.74. The summed E-state index contributed by atoms with van der Waals surface area (Å²) in [6.07, 6.45) is -0.0394. The molecule has 0 bridgehead atoms. The standard InChI is InChI=1S/C25H26ClF3N2O3/c1-2-22(30)24(16-4-3-5-18(13-16)34-25(27,28)29)9-6-17(7-10-24)33-21-12-15-8-11-31-23(32)19(15)14-20(21)26/h3-5,8,11-14,17,22H,2,6-7,9-10,30H2,1H3,(H,31,32). The number of aromatic amines is 1. The van der Waals surface area contributed by atoms with Gasteiger partial charge in [-0.1, -0.05) is 30.7 Å². The van der Waals surface area contributed by atoms with Crippen LogP contribution in [0.25, 0.3) is 10.8 Å². The van der Waals surface area contributed by atoms with E-state index < -0.39 is 11.8 Å². The Kier molecular flexibility index (Phi) is 6.82. The zero-order valence-electron chi connectivity index (χ0n) is 18.6. The molecule has 3 aromatic rings. The number of hydrogen-bond acceptors (Lipinski definition) is 4. The lowest BCUT2D eigenvalue weighted by molar-refractivity contribution is -0.274. The van der Waals surface area contributed by atoms with Gasteiger partial charge in [-0.25, -0.2) is 0 Å². The molecule has 0 aliphatic heterocycles. The molecule has 1 atom stereocenters. The van der Waals surface area contributed by atoms with Gasteiger partial charge in [-0.05, 0) is 73.4 Å². The van der Waals surface area contributed by atoms with Crippen molar-refractivity contribution in [2.75, 3.05) is 0 Å². The number of halogens is 4. The van der Waals surface area contributed by atoms with E-state index in [1.165, 1.54) is 12.1 Å². The highest BCUT2D eigenvalue weighted by atomic mass is 35.5. The van der Waals surface area contributed by atoms with Crippen molar-refractivity contribution in [2.24, 2.45) is 5.73 Å². The lowest BCUT2D eigenvalue weighted by Gasteiger charge is -2.44. The minimum Gasteiger partial charge on any atom is -0.489 e. The quantitative estimate of drug-likeness (QED) is 0.435. The fourth-order valence-corrected chi connectivity index (χ4v) is 5.16. The van der Waals surface area contributed by atoms with Crippen LogP contribution in [0, 0.1) is 0 Å². The molecule has 0 spiro atoms. The predicted molar refractivity (Wildman–Crippen MR) is 126 cm³/mol. The molecular weight excluding hydrogens is 469 g/mol. The predicted octanol–water partition coefficient (Wildman–Crippen LogP) is 6.08. The van der Waals surface area contributed by atoms with Gasteiger partial charge in [0.2, 0.25) is 0 Å². The first kappa shape index (κ1) is 24.4. The molecule has 1 heterocycles. The van der Waals surface area contributed by atoms with E-state index in [9.17, 15) is 18.0 Å². The van der Waals surface area contributed by atoms with E-state index in [1.54, 1.807) is 30.5 Å². The second-order valence-electron chi connectivity index (χ2n) is 8.74. The van der Waals surface area contributed by atoms with Gasteiger partial charge < -0.3 is 20.2 Å². The van der Waals surface area contributed by atoms with Crippen LogP contribution < -0.4 is 20.8 Å². The SMILES string of the molecule is CCC(N)C1(c2cccc(OC(F)(F)F)c2)CCC(Oc2cc3cc[nH]c(=O)c3cc2Cl)CC1. The van der Waals surface area contributed by atoms with Gasteiger partial charge in [-0.3, -0.25) is 4.79 Å². The summed E-state index contributed by atoms with van der Waals surface area (Å²) in [6, 6.07) is 11.0. The highest BCUT2D eigenvalue weighted by Gasteiger charge is 2.42. The first-order chi connectivity index (χ1) is 16.1. The van der Waals surface area contributed by atoms with E-state index >= 15 is 0 Å². The third-order valence-corrected chi connectivity index (χ3v) is 7.03. The Labute approximate surface area is 200 Å². The van der Waals surface area contributed by atoms with Crippen molar-refractivity contribution >= 4 is 22.4 Å². The molecule has 9 heteroatoms. The van der Waals surface area contributed by atoms with Crippen LogP contribution in [0.3, 0.4) is 0 Å². The Morgan fingerprint density at radius 3 is 2.62 bits per heavy atom. The summed E-state index contributed by atoms with van der Waals surface area (Å²) >= 11 is 6.39. The van der Waals surface area contributed by atoms with E-state index in [-0.39, 0.29) is 23.5 Å². The van der Waals surface area contributed by atoms with Gasteiger partial charge in [-0.15, -0.1) is 13.2 Å². The monoisotopic (exact) mass is 494 g/mol. The van der Waals surface area contributed by atoms with Crippen molar-refractivity contribution in [2.45, 2.75) is 63.0 Å². The second kappa shape index (κ2) is 9.50. The fraction of sp³-hybridized carbons (Fsp3) is 0.400. The highest BCUT2D eigenvalue weighted by molar-refractivity contribution is 6.32. The van der Waals surface area contributed by atoms with Crippen molar-refractivity contribution < 1.29 is 22.6 Å². The highest BCUT2D eigenvalue weighted by Crippen LogP contribution is 2.45. The molecule has 1 aliphatic rings. The van der Waals surface area contributed by atoms with Crippen LogP contribution in [0.1, 0.15) is 44.6 Å². The van der Waals surface area contributed by atoms with E-state index in [0.717, 1.165) is 10.9 Å². The zero-order chi connectivity index (χ0) is 24.5. The first-order valence-corrected chi connectivity index (χ1v) is 11.6. The molecule has 182 valence electrons. The molecule has 5 nitrogen and oxygen atoms in total. The number of pyridine rings is 1. The number of fused-ring (bicyclic) bond motifs is 1. The Balaban J connectivity index is 1.55. The number of hydrogen-bond donors (Lipinski definition) is 2. The van der Waals surface area contributed by atoms with Crippen LogP contribution in [-0.4, -0.2) is 23.5 Å². The number of rotatable bonds is 6. The lowest BCUT2D eigenvalue weighted by Crippen LogP contribution is -2.48. The summed E-state index contributed by atoms with van der Waals surface area (Å²) in [5.41, 5.74) is 6.56. The molecular formula is C25H26ClF3N2O3. The van der Waals surface area contributed by atoms with Crippen LogP contribution in [0.2, 0.25) is 5.02 Å². The molecule has 0 radical (unpaired) electrons. The van der Waals surface area contributed by atoms with Gasteiger partial charge in [0.15, 0.2) is 0 Å². The summed E-state index contributed by atoms with van der Waals surface area (Å²) in [7, 11) is 0. The minimum absolute atomic E-state index is 0.135. The summed E-state index contributed by atoms with van der Waals surface area (Å²) in [5.74, 6) is 0.251. The Hall–Kier alpha value is -2.71. The summed E-state index contributed by atoms with van der Waals surface area (Å²) in [6.45, 7) is 1.97. The van der Waals surface area contributed by atoms with E-state index in [2.05, 4.69) is 9.72 Å². The third kappa shape index (κ3) is 5.03. The van der Waals surface area contributed by atoms with Crippen LogP contribution >= 0.6 is 11.6 Å². The van der Waals surface area contributed by atoms with Gasteiger partial charge in [0.25, 0.3) is 5.56 Å². The number of nitrogens with one attached hydrogen (secondary N) is 1. The molecule has 1 aromatic heterocycles. The first-order valence-electron chi connectivity index (χ1n) is 11.2. The van der Waals surface area contributed by atoms with E-state index in [0.29, 0.717) is 48.3 Å². The largest absolute Gasteiger partial charge is 0.573 e. The molecule has 1 unspecified atom stereocenters. The van der Waals surface area contributed by atoms with Crippen LogP contribution in [0.5, 0.6) is 11.5 Å². The molecule has 2 aromatic carbocycles. The molecule has 0 saturated heterocycles. The number of aromatic nitrogens is 1. The average Bonchev–Trinajstić information content (AvgIpc) is 2.79. The number of ether oxygens (including phenoxy) is 2. The summed E-state index contributed by atoms with van der Waals surface area (Å²) < 4.78 is 48.6. The van der Waals surface area contributed by atoms with Gasteiger partial charge in [0.1, 0.15) is 11.5 Å².